The smallest absolute Gasteiger partial charge is 0.334 e. The molecule has 0 aliphatic heterocycles. The first-order chi connectivity index (χ1) is 9.02. The Hall–Kier alpha value is -1.88. The normalized spacial score (nSPS) is 12.0. The van der Waals surface area contributed by atoms with Crippen LogP contribution in [0.15, 0.2) is 30.3 Å². The number of hydrogen-bond donors (Lipinski definition) is 2. The van der Waals surface area contributed by atoms with E-state index in [1.807, 2.05) is 19.9 Å². The van der Waals surface area contributed by atoms with Gasteiger partial charge in [-0.3, -0.25) is 4.79 Å². The predicted octanol–water partition coefficient (Wildman–Crippen LogP) is 1.08. The number of benzene rings is 1. The van der Waals surface area contributed by atoms with E-state index in [0.29, 0.717) is 12.2 Å². The van der Waals surface area contributed by atoms with Crippen LogP contribution >= 0.6 is 0 Å². The van der Waals surface area contributed by atoms with Crippen molar-refractivity contribution in [3.8, 4) is 5.75 Å². The molecule has 104 valence electrons. The van der Waals surface area contributed by atoms with Crippen LogP contribution in [0.5, 0.6) is 5.75 Å². The van der Waals surface area contributed by atoms with Gasteiger partial charge < -0.3 is 15.8 Å². The van der Waals surface area contributed by atoms with Crippen LogP contribution in [0.3, 0.4) is 0 Å². The van der Waals surface area contributed by atoms with Gasteiger partial charge in [-0.05, 0) is 24.5 Å². The molecule has 0 aliphatic rings. The molecule has 0 heterocycles. The van der Waals surface area contributed by atoms with Crippen molar-refractivity contribution in [2.75, 3.05) is 6.54 Å². The zero-order valence-corrected chi connectivity index (χ0v) is 11.3. The lowest BCUT2D eigenvalue weighted by atomic mass is 10.0. The number of esters is 1. The van der Waals surface area contributed by atoms with Gasteiger partial charge in [0.1, 0.15) is 11.8 Å². The Morgan fingerprint density at radius 2 is 1.89 bits per heavy atom. The van der Waals surface area contributed by atoms with Gasteiger partial charge in [-0.1, -0.05) is 32.0 Å². The Bertz CT molecular complexity index is 418. The third-order valence-corrected chi connectivity index (χ3v) is 2.47. The summed E-state index contributed by atoms with van der Waals surface area (Å²) in [6.07, 6.45) is 0.511. The first-order valence-electron chi connectivity index (χ1n) is 6.29. The van der Waals surface area contributed by atoms with Gasteiger partial charge in [-0.2, -0.15) is 0 Å². The summed E-state index contributed by atoms with van der Waals surface area (Å²) < 4.78 is 5.23. The third kappa shape index (κ3) is 5.52. The number of ether oxygens (including phenoxy) is 1. The first kappa shape index (κ1) is 15.2. The van der Waals surface area contributed by atoms with E-state index in [0.717, 1.165) is 0 Å². The third-order valence-electron chi connectivity index (χ3n) is 2.47. The van der Waals surface area contributed by atoms with Gasteiger partial charge >= 0.3 is 5.97 Å². The fourth-order valence-electron chi connectivity index (χ4n) is 1.61. The number of nitrogens with one attached hydrogen (secondary N) is 1. The molecule has 0 radical (unpaired) electrons. The summed E-state index contributed by atoms with van der Waals surface area (Å²) in [5.74, 6) is -0.119. The van der Waals surface area contributed by atoms with Crippen LogP contribution < -0.4 is 15.8 Å². The van der Waals surface area contributed by atoms with Crippen LogP contribution in [-0.2, 0) is 9.59 Å². The maximum absolute atomic E-state index is 12.0. The standard InChI is InChI=1S/C14H20N2O3/c1-10(2)8-12(16-13(17)9-15)14(18)19-11-6-4-3-5-7-11/h3-7,10,12H,8-9,15H2,1-2H3,(H,16,17)/t12-/m0/s1. The highest BCUT2D eigenvalue weighted by atomic mass is 16.5. The lowest BCUT2D eigenvalue weighted by Gasteiger charge is -2.18. The molecule has 3 N–H and O–H groups in total. The SMILES string of the molecule is CC(C)C[C@H](NC(=O)CN)C(=O)Oc1ccccc1. The molecule has 1 aromatic carbocycles. The minimum atomic E-state index is -0.670. The van der Waals surface area contributed by atoms with Crippen molar-refractivity contribution < 1.29 is 14.3 Å². The van der Waals surface area contributed by atoms with E-state index >= 15 is 0 Å². The van der Waals surface area contributed by atoms with Crippen LogP contribution in [-0.4, -0.2) is 24.5 Å². The monoisotopic (exact) mass is 264 g/mol. The highest BCUT2D eigenvalue weighted by Gasteiger charge is 2.23. The number of amides is 1. The second-order valence-electron chi connectivity index (χ2n) is 4.69. The summed E-state index contributed by atoms with van der Waals surface area (Å²) in [5.41, 5.74) is 5.24. The van der Waals surface area contributed by atoms with Crippen LogP contribution in [0.1, 0.15) is 20.3 Å². The van der Waals surface area contributed by atoms with Gasteiger partial charge in [-0.15, -0.1) is 0 Å². The summed E-state index contributed by atoms with van der Waals surface area (Å²) in [5, 5.41) is 2.58. The lowest BCUT2D eigenvalue weighted by Crippen LogP contribution is -2.46. The van der Waals surface area contributed by atoms with Crippen molar-refractivity contribution in [1.29, 1.82) is 0 Å². The molecule has 0 bridgehead atoms. The minimum absolute atomic E-state index is 0.146. The summed E-state index contributed by atoms with van der Waals surface area (Å²) >= 11 is 0. The maximum atomic E-state index is 12.0. The summed E-state index contributed by atoms with van der Waals surface area (Å²) in [6, 6.07) is 8.09. The number of rotatable bonds is 6. The topological polar surface area (TPSA) is 81.4 Å². The number of para-hydroxylation sites is 1. The molecule has 1 rings (SSSR count). The summed E-state index contributed by atoms with van der Waals surface area (Å²) in [7, 11) is 0. The van der Waals surface area contributed by atoms with Crippen molar-refractivity contribution in [1.82, 2.24) is 5.32 Å². The molecule has 0 fully saturated rings. The first-order valence-corrected chi connectivity index (χ1v) is 6.29. The zero-order valence-electron chi connectivity index (χ0n) is 11.3. The number of carbonyl (C=O) groups excluding carboxylic acids is 2. The van der Waals surface area contributed by atoms with E-state index in [1.54, 1.807) is 24.3 Å². The molecule has 1 amide bonds. The molecule has 0 aliphatic carbocycles. The average Bonchev–Trinajstić information content (AvgIpc) is 2.38. The molecule has 5 heteroatoms. The Labute approximate surface area is 113 Å². The molecule has 0 saturated heterocycles. The molecule has 0 spiro atoms. The Morgan fingerprint density at radius 1 is 1.26 bits per heavy atom. The van der Waals surface area contributed by atoms with E-state index in [2.05, 4.69) is 5.32 Å². The Kier molecular flexibility index (Phi) is 6.02. The Balaban J connectivity index is 2.68. The summed E-state index contributed by atoms with van der Waals surface area (Å²) in [4.78, 5) is 23.3. The van der Waals surface area contributed by atoms with Crippen molar-refractivity contribution in [2.24, 2.45) is 11.7 Å². The van der Waals surface area contributed by atoms with Crippen molar-refractivity contribution in [3.63, 3.8) is 0 Å². The predicted molar refractivity (Wildman–Crippen MR) is 72.5 cm³/mol. The molecule has 1 atom stereocenters. The molecular weight excluding hydrogens is 244 g/mol. The minimum Gasteiger partial charge on any atom is -0.425 e. The number of carbonyl (C=O) groups is 2. The van der Waals surface area contributed by atoms with Crippen LogP contribution in [0.2, 0.25) is 0 Å². The molecule has 0 saturated carbocycles. The second-order valence-corrected chi connectivity index (χ2v) is 4.69. The lowest BCUT2D eigenvalue weighted by molar-refractivity contribution is -0.139. The highest BCUT2D eigenvalue weighted by molar-refractivity contribution is 5.86. The van der Waals surface area contributed by atoms with Gasteiger partial charge in [-0.25, -0.2) is 4.79 Å². The van der Waals surface area contributed by atoms with Crippen LogP contribution in [0.4, 0.5) is 0 Å². The average molecular weight is 264 g/mol. The van der Waals surface area contributed by atoms with Gasteiger partial charge in [0.05, 0.1) is 6.54 Å². The van der Waals surface area contributed by atoms with E-state index in [1.165, 1.54) is 0 Å². The van der Waals surface area contributed by atoms with E-state index < -0.39 is 12.0 Å². The molecule has 19 heavy (non-hydrogen) atoms. The van der Waals surface area contributed by atoms with Crippen molar-refractivity contribution in [2.45, 2.75) is 26.3 Å². The molecule has 1 aromatic rings. The van der Waals surface area contributed by atoms with Crippen molar-refractivity contribution >= 4 is 11.9 Å². The van der Waals surface area contributed by atoms with Crippen molar-refractivity contribution in [3.05, 3.63) is 30.3 Å². The van der Waals surface area contributed by atoms with Gasteiger partial charge in [0.15, 0.2) is 0 Å². The van der Waals surface area contributed by atoms with E-state index in [9.17, 15) is 9.59 Å². The van der Waals surface area contributed by atoms with Crippen LogP contribution in [0, 0.1) is 5.92 Å². The van der Waals surface area contributed by atoms with E-state index in [4.69, 9.17) is 10.5 Å². The van der Waals surface area contributed by atoms with Gasteiger partial charge in [0.25, 0.3) is 0 Å². The summed E-state index contributed by atoms with van der Waals surface area (Å²) in [6.45, 7) is 3.79. The van der Waals surface area contributed by atoms with Gasteiger partial charge in [0, 0.05) is 0 Å². The van der Waals surface area contributed by atoms with Crippen LogP contribution in [0.25, 0.3) is 0 Å². The number of nitrogens with two attached hydrogens (primary N) is 1. The maximum Gasteiger partial charge on any atom is 0.334 e. The quantitative estimate of drug-likeness (QED) is 0.595. The molecule has 0 unspecified atom stereocenters. The second kappa shape index (κ2) is 7.53. The number of hydrogen-bond acceptors (Lipinski definition) is 4. The fraction of sp³-hybridized carbons (Fsp3) is 0.429. The zero-order chi connectivity index (χ0) is 14.3. The molecular formula is C14H20N2O3. The van der Waals surface area contributed by atoms with Gasteiger partial charge in [0.2, 0.25) is 5.91 Å². The van der Waals surface area contributed by atoms with E-state index in [-0.39, 0.29) is 18.4 Å². The Morgan fingerprint density at radius 3 is 2.42 bits per heavy atom. The molecule has 0 aromatic heterocycles. The molecule has 5 nitrogen and oxygen atoms in total. The highest BCUT2D eigenvalue weighted by Crippen LogP contribution is 2.12. The largest absolute Gasteiger partial charge is 0.425 e. The fourth-order valence-corrected chi connectivity index (χ4v) is 1.61.